The summed E-state index contributed by atoms with van der Waals surface area (Å²) >= 11 is 0. The number of imidazole rings is 1. The molecule has 4 heterocycles. The van der Waals surface area contributed by atoms with E-state index in [1.807, 2.05) is 0 Å². The third kappa shape index (κ3) is 3.73. The number of ether oxygens (including phenoxy) is 1. The van der Waals surface area contributed by atoms with Crippen LogP contribution in [0.15, 0.2) is 47.9 Å². The van der Waals surface area contributed by atoms with E-state index in [2.05, 4.69) is 20.3 Å². The van der Waals surface area contributed by atoms with Crippen LogP contribution in [0.2, 0.25) is 0 Å². The van der Waals surface area contributed by atoms with Crippen LogP contribution in [0, 0.1) is 0 Å². The number of hydrogen-bond donors (Lipinski definition) is 3. The first-order valence-corrected chi connectivity index (χ1v) is 11.8. The van der Waals surface area contributed by atoms with Gasteiger partial charge in [0.2, 0.25) is 10.0 Å². The molecule has 170 valence electrons. The molecule has 32 heavy (non-hydrogen) atoms. The number of aliphatic hydroxyl groups is 2. The van der Waals surface area contributed by atoms with Crippen LogP contribution in [0.5, 0.6) is 0 Å². The molecule has 0 radical (unpaired) electrons. The van der Waals surface area contributed by atoms with E-state index < -0.39 is 28.5 Å². The summed E-state index contributed by atoms with van der Waals surface area (Å²) in [7, 11) is -3.55. The molecule has 0 spiro atoms. The summed E-state index contributed by atoms with van der Waals surface area (Å²) in [5.41, 5.74) is 0.983. The van der Waals surface area contributed by atoms with Crippen LogP contribution in [0.3, 0.4) is 0 Å². The summed E-state index contributed by atoms with van der Waals surface area (Å²) < 4.78 is 34.6. The number of rotatable bonds is 6. The van der Waals surface area contributed by atoms with Gasteiger partial charge in [0.15, 0.2) is 23.2 Å². The zero-order valence-corrected chi connectivity index (χ0v) is 18.0. The topological polar surface area (TPSA) is 143 Å². The van der Waals surface area contributed by atoms with Crippen LogP contribution in [0.1, 0.15) is 19.1 Å². The zero-order chi connectivity index (χ0) is 22.3. The molecule has 4 atom stereocenters. The third-order valence-corrected chi connectivity index (χ3v) is 7.75. The first kappa shape index (κ1) is 21.2. The van der Waals surface area contributed by atoms with Crippen molar-refractivity contribution in [2.24, 2.45) is 0 Å². The number of fused-ring (bicyclic) bond motifs is 1. The second kappa shape index (κ2) is 8.37. The summed E-state index contributed by atoms with van der Waals surface area (Å²) in [6.07, 6.45) is 1.94. The van der Waals surface area contributed by atoms with Crippen molar-refractivity contribution in [1.29, 1.82) is 0 Å². The van der Waals surface area contributed by atoms with Gasteiger partial charge in [-0.15, -0.1) is 0 Å². The Hall–Kier alpha value is -2.64. The maximum absolute atomic E-state index is 12.9. The molecule has 2 aliphatic heterocycles. The molecule has 0 amide bonds. The van der Waals surface area contributed by atoms with E-state index in [9.17, 15) is 18.6 Å². The molecule has 0 unspecified atom stereocenters. The molecule has 2 aliphatic rings. The molecular weight excluding hydrogens is 436 g/mol. The Bertz CT molecular complexity index is 1200. The second-order valence-corrected chi connectivity index (χ2v) is 9.92. The number of hydrogen-bond acceptors (Lipinski definition) is 9. The van der Waals surface area contributed by atoms with Crippen molar-refractivity contribution in [2.75, 3.05) is 25.0 Å². The summed E-state index contributed by atoms with van der Waals surface area (Å²) in [6.45, 7) is 0.542. The van der Waals surface area contributed by atoms with E-state index in [1.165, 1.54) is 17.0 Å². The summed E-state index contributed by atoms with van der Waals surface area (Å²) in [4.78, 5) is 13.3. The molecule has 1 aromatic carbocycles. The number of aromatic nitrogens is 4. The van der Waals surface area contributed by atoms with E-state index in [0.29, 0.717) is 42.9 Å². The van der Waals surface area contributed by atoms with E-state index in [-0.39, 0.29) is 17.5 Å². The fourth-order valence-electron chi connectivity index (χ4n) is 4.24. The highest BCUT2D eigenvalue weighted by Crippen LogP contribution is 2.32. The maximum Gasteiger partial charge on any atom is 0.243 e. The van der Waals surface area contributed by atoms with Gasteiger partial charge in [0, 0.05) is 25.6 Å². The van der Waals surface area contributed by atoms with Crippen molar-refractivity contribution in [2.45, 2.75) is 42.2 Å². The highest BCUT2D eigenvalue weighted by Gasteiger charge is 2.36. The van der Waals surface area contributed by atoms with Gasteiger partial charge in [0.25, 0.3) is 0 Å². The van der Waals surface area contributed by atoms with Gasteiger partial charge in [-0.25, -0.2) is 23.4 Å². The Morgan fingerprint density at radius 2 is 2.00 bits per heavy atom. The lowest BCUT2D eigenvalue weighted by molar-refractivity contribution is -0.0486. The Kier molecular flexibility index (Phi) is 5.55. The lowest BCUT2D eigenvalue weighted by Crippen LogP contribution is -2.31. The number of sulfonamides is 1. The van der Waals surface area contributed by atoms with Gasteiger partial charge >= 0.3 is 0 Å². The van der Waals surface area contributed by atoms with Crippen LogP contribution < -0.4 is 5.32 Å². The lowest BCUT2D eigenvalue weighted by Gasteiger charge is -2.18. The van der Waals surface area contributed by atoms with Crippen LogP contribution in [0.4, 0.5) is 5.82 Å². The number of benzene rings is 1. The lowest BCUT2D eigenvalue weighted by atomic mass is 10.2. The van der Waals surface area contributed by atoms with Crippen molar-refractivity contribution in [3.8, 4) is 0 Å². The Balaban J connectivity index is 1.34. The van der Waals surface area contributed by atoms with Gasteiger partial charge in [0.1, 0.15) is 12.4 Å². The van der Waals surface area contributed by atoms with E-state index >= 15 is 0 Å². The molecule has 2 saturated heterocycles. The van der Waals surface area contributed by atoms with Gasteiger partial charge in [-0.3, -0.25) is 4.57 Å². The van der Waals surface area contributed by atoms with Gasteiger partial charge < -0.3 is 20.3 Å². The minimum atomic E-state index is -3.55. The fourth-order valence-corrected chi connectivity index (χ4v) is 5.76. The molecule has 0 bridgehead atoms. The molecule has 3 N–H and O–H groups in total. The number of aliphatic hydroxyl groups excluding tert-OH is 2. The van der Waals surface area contributed by atoms with Crippen molar-refractivity contribution >= 4 is 27.0 Å². The highest BCUT2D eigenvalue weighted by atomic mass is 32.2. The average Bonchev–Trinajstić information content (AvgIpc) is 3.53. The normalized spacial score (nSPS) is 26.7. The van der Waals surface area contributed by atoms with Gasteiger partial charge in [-0.1, -0.05) is 18.2 Å². The quantitative estimate of drug-likeness (QED) is 0.474. The van der Waals surface area contributed by atoms with Crippen LogP contribution in [0.25, 0.3) is 11.2 Å². The Morgan fingerprint density at radius 1 is 1.19 bits per heavy atom. The molecule has 11 nitrogen and oxygen atoms in total. The highest BCUT2D eigenvalue weighted by molar-refractivity contribution is 7.89. The number of nitrogens with one attached hydrogen (secondary N) is 1. The van der Waals surface area contributed by atoms with Gasteiger partial charge in [0.05, 0.1) is 23.9 Å². The standard InChI is InChI=1S/C20H24N6O5S/c27-10-14-8-16(28)20(31-14)26-12-23-17-18(21-11-22-19(17)26)24-13-6-7-25(9-13)32(29,30)15-4-2-1-3-5-15/h1-5,11-14,16,20,27-28H,6-10H2,(H,21,22,24)/t13-,14+,16-,20-/m1/s1. The van der Waals surface area contributed by atoms with E-state index in [1.54, 1.807) is 34.9 Å². The van der Waals surface area contributed by atoms with Crippen molar-refractivity contribution < 1.29 is 23.4 Å². The summed E-state index contributed by atoms with van der Waals surface area (Å²) in [5, 5.41) is 22.9. The number of nitrogens with zero attached hydrogens (tertiary/aromatic N) is 5. The number of anilines is 1. The molecule has 0 saturated carbocycles. The van der Waals surface area contributed by atoms with E-state index in [4.69, 9.17) is 4.74 Å². The van der Waals surface area contributed by atoms with Crippen LogP contribution in [-0.2, 0) is 14.8 Å². The second-order valence-electron chi connectivity index (χ2n) is 7.99. The predicted octanol–water partition coefficient (Wildman–Crippen LogP) is 0.342. The van der Waals surface area contributed by atoms with Gasteiger partial charge in [-0.05, 0) is 18.6 Å². The molecule has 2 aromatic heterocycles. The smallest absolute Gasteiger partial charge is 0.243 e. The van der Waals surface area contributed by atoms with Crippen LogP contribution in [-0.4, -0.2) is 80.4 Å². The average molecular weight is 461 g/mol. The van der Waals surface area contributed by atoms with Crippen molar-refractivity contribution in [3.63, 3.8) is 0 Å². The summed E-state index contributed by atoms with van der Waals surface area (Å²) in [6, 6.07) is 8.26. The SMILES string of the molecule is O=S(=O)(c1ccccc1)N1CC[C@@H](Nc2ncnc3c2ncn3[C@@H]2O[C@H](CO)C[C@H]2O)C1. The first-order chi connectivity index (χ1) is 15.5. The van der Waals surface area contributed by atoms with E-state index in [0.717, 1.165) is 0 Å². The maximum atomic E-state index is 12.9. The minimum Gasteiger partial charge on any atom is -0.394 e. The Morgan fingerprint density at radius 3 is 2.75 bits per heavy atom. The first-order valence-electron chi connectivity index (χ1n) is 10.4. The molecular formula is C20H24N6O5S. The molecule has 5 rings (SSSR count). The molecule has 0 aliphatic carbocycles. The summed E-state index contributed by atoms with van der Waals surface area (Å²) in [5.74, 6) is 0.490. The monoisotopic (exact) mass is 460 g/mol. The predicted molar refractivity (Wildman–Crippen MR) is 114 cm³/mol. The van der Waals surface area contributed by atoms with Gasteiger partial charge in [-0.2, -0.15) is 4.31 Å². The zero-order valence-electron chi connectivity index (χ0n) is 17.1. The fraction of sp³-hybridized carbons (Fsp3) is 0.450. The largest absolute Gasteiger partial charge is 0.394 e. The minimum absolute atomic E-state index is 0.135. The van der Waals surface area contributed by atoms with Crippen LogP contribution >= 0.6 is 0 Å². The molecule has 12 heteroatoms. The van der Waals surface area contributed by atoms with Crippen molar-refractivity contribution in [3.05, 3.63) is 43.0 Å². The molecule has 3 aromatic rings. The molecule has 2 fully saturated rings. The Labute approximate surface area is 184 Å². The van der Waals surface area contributed by atoms with Crippen molar-refractivity contribution in [1.82, 2.24) is 23.8 Å². The third-order valence-electron chi connectivity index (χ3n) is 5.87.